The average Bonchev–Trinajstić information content (AvgIpc) is 3.38. The summed E-state index contributed by atoms with van der Waals surface area (Å²) in [7, 11) is 1.58. The van der Waals surface area contributed by atoms with Gasteiger partial charge in [-0.3, -0.25) is 9.59 Å². The zero-order chi connectivity index (χ0) is 25.7. The lowest BCUT2D eigenvalue weighted by Crippen LogP contribution is -2.25. The van der Waals surface area contributed by atoms with Crippen LogP contribution < -0.4 is 20.2 Å². The molecule has 3 aromatic rings. The third kappa shape index (κ3) is 5.62. The Kier molecular flexibility index (Phi) is 8.10. The monoisotopic (exact) mass is 510 g/mol. The lowest BCUT2D eigenvalue weighted by atomic mass is 9.91. The molecule has 1 amide bonds. The zero-order valence-electron chi connectivity index (χ0n) is 20.4. The first-order valence-electron chi connectivity index (χ1n) is 12.0. The first kappa shape index (κ1) is 25.5. The van der Waals surface area contributed by atoms with Crippen molar-refractivity contribution in [1.82, 2.24) is 9.88 Å². The van der Waals surface area contributed by atoms with E-state index >= 15 is 0 Å². The zero-order valence-corrected chi connectivity index (χ0v) is 21.2. The normalized spacial score (nSPS) is 14.0. The first-order valence-corrected chi connectivity index (χ1v) is 12.9. The van der Waals surface area contributed by atoms with Crippen LogP contribution in [0, 0.1) is 0 Å². The van der Waals surface area contributed by atoms with Gasteiger partial charge in [0.1, 0.15) is 5.56 Å². The topological polar surface area (TPSA) is 107 Å². The number of aromatic nitrogens is 1. The van der Waals surface area contributed by atoms with Crippen LogP contribution in [0.15, 0.2) is 46.7 Å². The second-order valence-electron chi connectivity index (χ2n) is 8.79. The number of methoxy groups -OCH3 is 1. The van der Waals surface area contributed by atoms with Gasteiger partial charge in [-0.25, -0.2) is 4.79 Å². The maximum Gasteiger partial charge on any atom is 0.341 e. The summed E-state index contributed by atoms with van der Waals surface area (Å²) in [5.41, 5.74) is 1.74. The van der Waals surface area contributed by atoms with Gasteiger partial charge in [-0.15, -0.1) is 11.3 Å². The molecule has 0 bridgehead atoms. The Hall–Kier alpha value is -3.59. The van der Waals surface area contributed by atoms with E-state index < -0.39 is 11.4 Å². The smallest absolute Gasteiger partial charge is 0.341 e. The summed E-state index contributed by atoms with van der Waals surface area (Å²) in [4.78, 5) is 36.3. The minimum absolute atomic E-state index is 0.00557. The number of pyridine rings is 1. The number of hydrogen-bond donors (Lipinski definition) is 2. The summed E-state index contributed by atoms with van der Waals surface area (Å²) in [6.07, 6.45) is 5.92. The number of hydrogen-bond acceptors (Lipinski definition) is 6. The summed E-state index contributed by atoms with van der Waals surface area (Å²) in [5, 5.41) is 14.3. The van der Waals surface area contributed by atoms with Crippen LogP contribution in [0.2, 0.25) is 0 Å². The quantitative estimate of drug-likeness (QED) is 0.368. The molecule has 190 valence electrons. The van der Waals surface area contributed by atoms with Crippen LogP contribution in [0.5, 0.6) is 11.5 Å². The van der Waals surface area contributed by atoms with Crippen LogP contribution >= 0.6 is 11.3 Å². The molecule has 36 heavy (non-hydrogen) atoms. The highest BCUT2D eigenvalue weighted by Gasteiger charge is 2.29. The third-order valence-electron chi connectivity index (χ3n) is 6.30. The molecule has 0 fully saturated rings. The van der Waals surface area contributed by atoms with E-state index in [4.69, 9.17) is 9.47 Å². The molecule has 0 aliphatic carbocycles. The standard InChI is InChI=1S/C27H30N2O6S/c1-17(30)28-9-5-3-4-6-10-35-25-13-18-12-22(26-8-7-11-36-26)29-16-20(27(32)33)23(31)15-21(29)19(18)14-24(25)34-2/h7-8,11,13-16,22H,3-6,9-10,12H2,1-2H3,(H,28,30)(H,32,33). The van der Waals surface area contributed by atoms with E-state index in [2.05, 4.69) is 5.32 Å². The second-order valence-corrected chi connectivity index (χ2v) is 9.77. The third-order valence-corrected chi connectivity index (χ3v) is 7.27. The molecule has 1 aromatic carbocycles. The molecule has 0 saturated heterocycles. The van der Waals surface area contributed by atoms with Gasteiger partial charge in [0.2, 0.25) is 5.91 Å². The number of amides is 1. The highest BCUT2D eigenvalue weighted by Crippen LogP contribution is 2.43. The molecule has 1 unspecified atom stereocenters. The van der Waals surface area contributed by atoms with E-state index in [-0.39, 0.29) is 17.5 Å². The molecule has 3 heterocycles. The Bertz CT molecular complexity index is 1300. The molecule has 1 aliphatic heterocycles. The number of fused-ring (bicyclic) bond motifs is 3. The number of aromatic carboxylic acids is 1. The van der Waals surface area contributed by atoms with E-state index in [1.54, 1.807) is 18.4 Å². The number of carbonyl (C=O) groups is 2. The van der Waals surface area contributed by atoms with Crippen molar-refractivity contribution in [2.24, 2.45) is 0 Å². The molecule has 0 spiro atoms. The maximum absolute atomic E-state index is 12.6. The number of unbranched alkanes of at least 4 members (excludes halogenated alkanes) is 3. The second kappa shape index (κ2) is 11.4. The summed E-state index contributed by atoms with van der Waals surface area (Å²) >= 11 is 1.60. The summed E-state index contributed by atoms with van der Waals surface area (Å²) in [6.45, 7) is 2.76. The number of benzene rings is 1. The molecule has 1 atom stereocenters. The van der Waals surface area contributed by atoms with Crippen molar-refractivity contribution in [2.75, 3.05) is 20.3 Å². The van der Waals surface area contributed by atoms with Crippen molar-refractivity contribution in [3.8, 4) is 22.8 Å². The van der Waals surface area contributed by atoms with E-state index in [1.165, 1.54) is 19.2 Å². The fourth-order valence-electron chi connectivity index (χ4n) is 4.52. The van der Waals surface area contributed by atoms with Gasteiger partial charge in [-0.05, 0) is 48.4 Å². The minimum Gasteiger partial charge on any atom is -0.493 e. The van der Waals surface area contributed by atoms with Gasteiger partial charge in [0.25, 0.3) is 0 Å². The molecule has 1 aliphatic rings. The summed E-state index contributed by atoms with van der Waals surface area (Å²) < 4.78 is 13.6. The van der Waals surface area contributed by atoms with Gasteiger partial charge in [0.15, 0.2) is 16.9 Å². The van der Waals surface area contributed by atoms with Crippen LogP contribution in [-0.4, -0.2) is 41.8 Å². The van der Waals surface area contributed by atoms with Crippen molar-refractivity contribution >= 4 is 23.2 Å². The number of nitrogens with one attached hydrogen (secondary N) is 1. The lowest BCUT2D eigenvalue weighted by molar-refractivity contribution is -0.118. The lowest BCUT2D eigenvalue weighted by Gasteiger charge is -2.31. The first-order chi connectivity index (χ1) is 17.4. The molecular formula is C27H30N2O6S. The highest BCUT2D eigenvalue weighted by atomic mass is 32.1. The largest absolute Gasteiger partial charge is 0.493 e. The number of carbonyl (C=O) groups excluding carboxylic acids is 1. The molecule has 8 nitrogen and oxygen atoms in total. The van der Waals surface area contributed by atoms with E-state index in [0.29, 0.717) is 36.8 Å². The number of thiophene rings is 1. The maximum atomic E-state index is 12.6. The van der Waals surface area contributed by atoms with Crippen molar-refractivity contribution in [3.05, 3.63) is 68.1 Å². The van der Waals surface area contributed by atoms with Gasteiger partial charge in [0.05, 0.1) is 25.5 Å². The van der Waals surface area contributed by atoms with Crippen molar-refractivity contribution in [1.29, 1.82) is 0 Å². The summed E-state index contributed by atoms with van der Waals surface area (Å²) in [6, 6.07) is 9.11. The number of carboxylic acids is 1. The average molecular weight is 511 g/mol. The molecule has 2 aromatic heterocycles. The molecule has 0 saturated carbocycles. The van der Waals surface area contributed by atoms with Gasteiger partial charge in [0, 0.05) is 36.2 Å². The van der Waals surface area contributed by atoms with Crippen LogP contribution in [0.3, 0.4) is 0 Å². The van der Waals surface area contributed by atoms with Crippen LogP contribution in [0.1, 0.15) is 59.4 Å². The molecule has 2 N–H and O–H groups in total. The van der Waals surface area contributed by atoms with Gasteiger partial charge >= 0.3 is 5.97 Å². The predicted octanol–water partition coefficient (Wildman–Crippen LogP) is 4.50. The van der Waals surface area contributed by atoms with Crippen LogP contribution in [-0.2, 0) is 11.2 Å². The van der Waals surface area contributed by atoms with E-state index in [1.807, 2.05) is 34.2 Å². The Morgan fingerprint density at radius 1 is 1.17 bits per heavy atom. The Labute approximate surface area is 213 Å². The summed E-state index contributed by atoms with van der Waals surface area (Å²) in [5.74, 6) is -0.0240. The van der Waals surface area contributed by atoms with Crippen molar-refractivity contribution in [2.45, 2.75) is 45.1 Å². The molecule has 4 rings (SSSR count). The van der Waals surface area contributed by atoms with Gasteiger partial charge in [-0.1, -0.05) is 18.9 Å². The van der Waals surface area contributed by atoms with Crippen molar-refractivity contribution < 1.29 is 24.2 Å². The van der Waals surface area contributed by atoms with E-state index in [0.717, 1.165) is 41.7 Å². The fraction of sp³-hybridized carbons (Fsp3) is 0.370. The number of nitrogens with zero attached hydrogens (tertiary/aromatic N) is 1. The fourth-order valence-corrected chi connectivity index (χ4v) is 5.34. The predicted molar refractivity (Wildman–Crippen MR) is 138 cm³/mol. The molecular weight excluding hydrogens is 480 g/mol. The minimum atomic E-state index is -1.23. The molecule has 9 heteroatoms. The number of carboxylic acid groups (broad SMARTS) is 1. The van der Waals surface area contributed by atoms with Gasteiger partial charge < -0.3 is 24.5 Å². The van der Waals surface area contributed by atoms with E-state index in [9.17, 15) is 19.5 Å². The highest BCUT2D eigenvalue weighted by molar-refractivity contribution is 7.10. The number of rotatable bonds is 11. The van der Waals surface area contributed by atoms with Crippen molar-refractivity contribution in [3.63, 3.8) is 0 Å². The van der Waals surface area contributed by atoms with Gasteiger partial charge in [-0.2, -0.15) is 0 Å². The van der Waals surface area contributed by atoms with Crippen LogP contribution in [0.25, 0.3) is 11.3 Å². The SMILES string of the molecule is COc1cc2c(cc1OCCCCCCNC(C)=O)CC(c1cccs1)n1cc(C(=O)O)c(=O)cc1-2. The number of ether oxygens (including phenoxy) is 2. The Morgan fingerprint density at radius 3 is 2.67 bits per heavy atom. The molecule has 0 radical (unpaired) electrons. The Morgan fingerprint density at radius 2 is 1.97 bits per heavy atom. The van der Waals surface area contributed by atoms with Crippen LogP contribution in [0.4, 0.5) is 0 Å². The Balaban J connectivity index is 1.57.